The van der Waals surface area contributed by atoms with E-state index in [4.69, 9.17) is 10.5 Å². The third-order valence-corrected chi connectivity index (χ3v) is 2.92. The Morgan fingerprint density at radius 2 is 1.90 bits per heavy atom. The molecule has 2 rings (SSSR count). The Kier molecular flexibility index (Phi) is 4.18. The maximum Gasteiger partial charge on any atom is 0.311 e. The van der Waals surface area contributed by atoms with Gasteiger partial charge in [-0.05, 0) is 18.6 Å². The number of carbonyl (C=O) groups excluding carboxylic acids is 1. The van der Waals surface area contributed by atoms with Gasteiger partial charge in [0, 0.05) is 11.6 Å². The Labute approximate surface area is 121 Å². The van der Waals surface area contributed by atoms with E-state index in [9.17, 15) is 14.9 Å². The van der Waals surface area contributed by atoms with Crippen molar-refractivity contribution in [2.75, 3.05) is 0 Å². The van der Waals surface area contributed by atoms with Crippen LogP contribution in [0.25, 0.3) is 0 Å². The third kappa shape index (κ3) is 3.36. The molecule has 6 heteroatoms. The molecule has 0 aliphatic carbocycles. The van der Waals surface area contributed by atoms with Crippen LogP contribution in [0.5, 0.6) is 5.75 Å². The summed E-state index contributed by atoms with van der Waals surface area (Å²) in [6.07, 6.45) is -1.08. The van der Waals surface area contributed by atoms with Gasteiger partial charge in [-0.2, -0.15) is 0 Å². The van der Waals surface area contributed by atoms with Crippen molar-refractivity contribution in [1.82, 2.24) is 0 Å². The van der Waals surface area contributed by atoms with Gasteiger partial charge in [0.25, 0.3) is 5.91 Å². The number of rotatable bonds is 5. The maximum absolute atomic E-state index is 11.6. The summed E-state index contributed by atoms with van der Waals surface area (Å²) in [5.41, 5.74) is 6.41. The highest BCUT2D eigenvalue weighted by atomic mass is 16.6. The first-order valence-corrected chi connectivity index (χ1v) is 6.25. The minimum absolute atomic E-state index is 0.0123. The number of nitrogens with zero attached hydrogens (tertiary/aromatic N) is 1. The second-order valence-corrected chi connectivity index (χ2v) is 4.54. The van der Waals surface area contributed by atoms with E-state index in [2.05, 4.69) is 0 Å². The SMILES string of the molecule is Cc1ccc(O[C@H](C(N)=O)c2ccccc2)c([N+](=O)[O-])c1. The summed E-state index contributed by atoms with van der Waals surface area (Å²) in [5.74, 6) is -0.700. The molecule has 1 amide bonds. The molecule has 2 aromatic carbocycles. The monoisotopic (exact) mass is 286 g/mol. The van der Waals surface area contributed by atoms with Crippen LogP contribution < -0.4 is 10.5 Å². The molecule has 0 fully saturated rings. The molecule has 108 valence electrons. The molecular weight excluding hydrogens is 272 g/mol. The number of benzene rings is 2. The summed E-state index contributed by atoms with van der Waals surface area (Å²) in [7, 11) is 0. The first kappa shape index (κ1) is 14.5. The predicted octanol–water partition coefficient (Wildman–Crippen LogP) is 2.51. The van der Waals surface area contributed by atoms with Crippen molar-refractivity contribution >= 4 is 11.6 Å². The number of aryl methyl sites for hydroxylation is 1. The van der Waals surface area contributed by atoms with Crippen molar-refractivity contribution in [3.63, 3.8) is 0 Å². The molecule has 0 saturated carbocycles. The van der Waals surface area contributed by atoms with Gasteiger partial charge >= 0.3 is 5.69 Å². The maximum atomic E-state index is 11.6. The van der Waals surface area contributed by atoms with E-state index in [1.54, 1.807) is 43.3 Å². The highest BCUT2D eigenvalue weighted by molar-refractivity contribution is 5.81. The van der Waals surface area contributed by atoms with E-state index in [-0.39, 0.29) is 11.4 Å². The van der Waals surface area contributed by atoms with Crippen LogP contribution in [-0.2, 0) is 4.79 Å². The van der Waals surface area contributed by atoms with Gasteiger partial charge < -0.3 is 10.5 Å². The van der Waals surface area contributed by atoms with Crippen molar-refractivity contribution in [1.29, 1.82) is 0 Å². The fourth-order valence-corrected chi connectivity index (χ4v) is 1.91. The fourth-order valence-electron chi connectivity index (χ4n) is 1.91. The minimum atomic E-state index is -1.08. The van der Waals surface area contributed by atoms with Gasteiger partial charge in [0.2, 0.25) is 6.10 Å². The molecular formula is C15H14N2O4. The molecule has 0 spiro atoms. The summed E-state index contributed by atoms with van der Waals surface area (Å²) in [4.78, 5) is 22.1. The Balaban J connectivity index is 2.39. The lowest BCUT2D eigenvalue weighted by Crippen LogP contribution is -2.26. The van der Waals surface area contributed by atoms with Crippen LogP contribution in [0.1, 0.15) is 17.2 Å². The lowest BCUT2D eigenvalue weighted by molar-refractivity contribution is -0.386. The van der Waals surface area contributed by atoms with Crippen LogP contribution in [0, 0.1) is 17.0 Å². The van der Waals surface area contributed by atoms with Crippen LogP contribution in [0.15, 0.2) is 48.5 Å². The van der Waals surface area contributed by atoms with E-state index >= 15 is 0 Å². The van der Waals surface area contributed by atoms with Crippen molar-refractivity contribution in [2.24, 2.45) is 5.73 Å². The van der Waals surface area contributed by atoms with Crippen molar-refractivity contribution in [3.8, 4) is 5.75 Å². The molecule has 0 aliphatic rings. The molecule has 0 unspecified atom stereocenters. The first-order valence-electron chi connectivity index (χ1n) is 6.25. The zero-order valence-corrected chi connectivity index (χ0v) is 11.4. The molecule has 0 saturated heterocycles. The zero-order valence-electron chi connectivity index (χ0n) is 11.4. The minimum Gasteiger partial charge on any atom is -0.469 e. The summed E-state index contributed by atoms with van der Waals surface area (Å²) in [5, 5.41) is 11.1. The smallest absolute Gasteiger partial charge is 0.311 e. The van der Waals surface area contributed by atoms with Crippen LogP contribution in [0.4, 0.5) is 5.69 Å². The van der Waals surface area contributed by atoms with Gasteiger partial charge in [-0.1, -0.05) is 36.4 Å². The number of nitro benzene ring substituents is 1. The molecule has 1 atom stereocenters. The summed E-state index contributed by atoms with van der Waals surface area (Å²) < 4.78 is 5.49. The molecule has 0 heterocycles. The summed E-state index contributed by atoms with van der Waals surface area (Å²) in [6.45, 7) is 1.74. The molecule has 21 heavy (non-hydrogen) atoms. The van der Waals surface area contributed by atoms with E-state index in [0.29, 0.717) is 5.56 Å². The van der Waals surface area contributed by atoms with E-state index in [0.717, 1.165) is 5.56 Å². The second kappa shape index (κ2) is 6.04. The Hall–Kier alpha value is -2.89. The highest BCUT2D eigenvalue weighted by Gasteiger charge is 2.24. The number of nitrogens with two attached hydrogens (primary N) is 1. The van der Waals surface area contributed by atoms with E-state index < -0.39 is 16.9 Å². The number of carbonyl (C=O) groups is 1. The van der Waals surface area contributed by atoms with Crippen LogP contribution in [0.3, 0.4) is 0 Å². The van der Waals surface area contributed by atoms with E-state index in [1.807, 2.05) is 0 Å². The standard InChI is InChI=1S/C15H14N2O4/c1-10-7-8-13(12(9-10)17(19)20)21-14(15(16)18)11-5-3-2-4-6-11/h2-9,14H,1H3,(H2,16,18)/t14-/m0/s1. The number of ether oxygens (including phenoxy) is 1. The Morgan fingerprint density at radius 1 is 1.24 bits per heavy atom. The number of hydrogen-bond acceptors (Lipinski definition) is 4. The zero-order chi connectivity index (χ0) is 15.4. The number of nitro groups is 1. The predicted molar refractivity (Wildman–Crippen MR) is 76.8 cm³/mol. The lowest BCUT2D eigenvalue weighted by atomic mass is 10.1. The van der Waals surface area contributed by atoms with Gasteiger partial charge in [0.1, 0.15) is 0 Å². The average molecular weight is 286 g/mol. The largest absolute Gasteiger partial charge is 0.469 e. The number of hydrogen-bond donors (Lipinski definition) is 1. The lowest BCUT2D eigenvalue weighted by Gasteiger charge is -2.16. The fraction of sp³-hybridized carbons (Fsp3) is 0.133. The normalized spacial score (nSPS) is 11.7. The summed E-state index contributed by atoms with van der Waals surface area (Å²) >= 11 is 0. The average Bonchev–Trinajstić information content (AvgIpc) is 2.46. The van der Waals surface area contributed by atoms with Crippen LogP contribution in [0.2, 0.25) is 0 Å². The molecule has 0 bridgehead atoms. The van der Waals surface area contributed by atoms with Gasteiger partial charge in [-0.15, -0.1) is 0 Å². The topological polar surface area (TPSA) is 95.5 Å². The Morgan fingerprint density at radius 3 is 2.48 bits per heavy atom. The van der Waals surface area contributed by atoms with Crippen molar-refractivity contribution < 1.29 is 14.5 Å². The number of primary amides is 1. The first-order chi connectivity index (χ1) is 9.99. The Bertz CT molecular complexity index is 671. The molecule has 6 nitrogen and oxygen atoms in total. The molecule has 0 radical (unpaired) electrons. The number of amides is 1. The molecule has 0 aromatic heterocycles. The third-order valence-electron chi connectivity index (χ3n) is 2.92. The quantitative estimate of drug-likeness (QED) is 0.674. The van der Waals surface area contributed by atoms with Crippen molar-refractivity contribution in [3.05, 3.63) is 69.8 Å². The molecule has 2 aromatic rings. The molecule has 2 N–H and O–H groups in total. The van der Waals surface area contributed by atoms with Gasteiger partial charge in [0.05, 0.1) is 4.92 Å². The summed E-state index contributed by atoms with van der Waals surface area (Å²) in [6, 6.07) is 13.1. The second-order valence-electron chi connectivity index (χ2n) is 4.54. The van der Waals surface area contributed by atoms with Gasteiger partial charge in [-0.3, -0.25) is 14.9 Å². The van der Waals surface area contributed by atoms with Gasteiger partial charge in [-0.25, -0.2) is 0 Å². The van der Waals surface area contributed by atoms with E-state index in [1.165, 1.54) is 12.1 Å². The molecule has 0 aliphatic heterocycles. The van der Waals surface area contributed by atoms with Crippen LogP contribution in [-0.4, -0.2) is 10.8 Å². The van der Waals surface area contributed by atoms with Gasteiger partial charge in [0.15, 0.2) is 5.75 Å². The highest BCUT2D eigenvalue weighted by Crippen LogP contribution is 2.31. The van der Waals surface area contributed by atoms with Crippen LogP contribution >= 0.6 is 0 Å². The van der Waals surface area contributed by atoms with Crippen molar-refractivity contribution in [2.45, 2.75) is 13.0 Å².